The zero-order valence-corrected chi connectivity index (χ0v) is 15.2. The van der Waals surface area contributed by atoms with Crippen LogP contribution in [-0.4, -0.2) is 12.5 Å². The fourth-order valence-corrected chi connectivity index (χ4v) is 3.35. The maximum absolute atomic E-state index is 14.0. The first-order chi connectivity index (χ1) is 13.0. The Morgan fingerprint density at radius 3 is 2.07 bits per heavy atom. The van der Waals surface area contributed by atoms with Gasteiger partial charge < -0.3 is 9.47 Å². The Labute approximate surface area is 158 Å². The highest BCUT2D eigenvalue weighted by atomic mass is 19.4. The second-order valence-corrected chi connectivity index (χ2v) is 6.87. The Bertz CT molecular complexity index is 654. The average Bonchev–Trinajstić information content (AvgIpc) is 2.57. The number of halogens is 7. The van der Waals surface area contributed by atoms with Gasteiger partial charge in [-0.05, 0) is 62.1 Å². The number of alkyl halides is 5. The van der Waals surface area contributed by atoms with Crippen LogP contribution in [0, 0.1) is 23.5 Å². The second-order valence-electron chi connectivity index (χ2n) is 6.87. The molecular formula is C19H21F7O2. The average molecular weight is 414 g/mol. The molecule has 0 heterocycles. The predicted molar refractivity (Wildman–Crippen MR) is 87.7 cm³/mol. The van der Waals surface area contributed by atoms with E-state index >= 15 is 0 Å². The van der Waals surface area contributed by atoms with E-state index in [1.807, 2.05) is 13.0 Å². The lowest BCUT2D eigenvalue weighted by Crippen LogP contribution is -2.27. The van der Waals surface area contributed by atoms with Crippen molar-refractivity contribution in [2.45, 2.75) is 58.1 Å². The van der Waals surface area contributed by atoms with Crippen LogP contribution in [0.1, 0.15) is 44.6 Å². The van der Waals surface area contributed by atoms with Crippen LogP contribution >= 0.6 is 0 Å². The molecule has 2 rings (SSSR count). The van der Waals surface area contributed by atoms with Gasteiger partial charge in [0.05, 0.1) is 6.61 Å². The molecule has 0 aromatic heterocycles. The normalized spacial score (nSPS) is 21.3. The van der Waals surface area contributed by atoms with Crippen molar-refractivity contribution in [2.24, 2.45) is 11.8 Å². The molecule has 1 aliphatic carbocycles. The molecule has 1 fully saturated rings. The van der Waals surface area contributed by atoms with Crippen molar-refractivity contribution < 1.29 is 40.2 Å². The summed E-state index contributed by atoms with van der Waals surface area (Å²) in [5, 5.41) is 0. The van der Waals surface area contributed by atoms with Crippen LogP contribution in [-0.2, 0) is 11.3 Å². The van der Waals surface area contributed by atoms with Gasteiger partial charge in [0.2, 0.25) is 5.75 Å². The molecule has 0 saturated heterocycles. The molecule has 2 nitrogen and oxygen atoms in total. The molecular weight excluding hydrogens is 393 g/mol. The van der Waals surface area contributed by atoms with Crippen LogP contribution in [0.15, 0.2) is 24.3 Å². The number of hydrogen-bond acceptors (Lipinski definition) is 2. The van der Waals surface area contributed by atoms with Crippen LogP contribution in [0.5, 0.6) is 5.75 Å². The van der Waals surface area contributed by atoms with E-state index in [1.165, 1.54) is 0 Å². The van der Waals surface area contributed by atoms with Crippen LogP contribution in [0.25, 0.3) is 0 Å². The summed E-state index contributed by atoms with van der Waals surface area (Å²) in [5.74, 6) is -4.78. The predicted octanol–water partition coefficient (Wildman–Crippen LogP) is 6.75. The summed E-state index contributed by atoms with van der Waals surface area (Å²) < 4.78 is 99.4. The SMILES string of the molecule is C/C=C/C1CCC(CC(F)(F)OCc2cc(F)c(OC(F)(F)F)c(F)c2)CC1. The van der Waals surface area contributed by atoms with Gasteiger partial charge in [0.25, 0.3) is 0 Å². The van der Waals surface area contributed by atoms with E-state index < -0.39 is 42.9 Å². The number of allylic oxidation sites excluding steroid dienone is 2. The molecule has 0 unspecified atom stereocenters. The Hall–Kier alpha value is -1.77. The summed E-state index contributed by atoms with van der Waals surface area (Å²) in [6.07, 6.45) is -2.45. The van der Waals surface area contributed by atoms with Crippen molar-refractivity contribution in [3.05, 3.63) is 41.5 Å². The van der Waals surface area contributed by atoms with Gasteiger partial charge in [-0.1, -0.05) is 12.2 Å². The van der Waals surface area contributed by atoms with Gasteiger partial charge in [-0.25, -0.2) is 8.78 Å². The first-order valence-electron chi connectivity index (χ1n) is 8.87. The molecule has 0 amide bonds. The fourth-order valence-electron chi connectivity index (χ4n) is 3.35. The lowest BCUT2D eigenvalue weighted by molar-refractivity contribution is -0.276. The van der Waals surface area contributed by atoms with Crippen molar-refractivity contribution in [2.75, 3.05) is 0 Å². The zero-order valence-electron chi connectivity index (χ0n) is 15.2. The molecule has 0 N–H and O–H groups in total. The Morgan fingerprint density at radius 2 is 1.57 bits per heavy atom. The maximum Gasteiger partial charge on any atom is 0.573 e. The molecule has 9 heteroatoms. The van der Waals surface area contributed by atoms with Gasteiger partial charge >= 0.3 is 12.5 Å². The standard InChI is InChI=1S/C19H21F7O2/c1-2-3-12-4-6-13(7-5-12)10-18(22,23)27-11-14-8-15(20)17(16(21)9-14)28-19(24,25)26/h2-3,8-9,12-13H,4-7,10-11H2,1H3/b3-2+. The molecule has 1 aliphatic rings. The molecule has 0 atom stereocenters. The largest absolute Gasteiger partial charge is 0.573 e. The number of rotatable bonds is 7. The van der Waals surface area contributed by atoms with Gasteiger partial charge in [-0.15, -0.1) is 13.2 Å². The molecule has 1 aromatic carbocycles. The van der Waals surface area contributed by atoms with Crippen molar-refractivity contribution in [1.82, 2.24) is 0 Å². The smallest absolute Gasteiger partial charge is 0.399 e. The Kier molecular flexibility index (Phi) is 7.36. The van der Waals surface area contributed by atoms with Gasteiger partial charge in [0, 0.05) is 6.42 Å². The number of ether oxygens (including phenoxy) is 2. The summed E-state index contributed by atoms with van der Waals surface area (Å²) >= 11 is 0. The molecule has 1 saturated carbocycles. The summed E-state index contributed by atoms with van der Waals surface area (Å²) in [6.45, 7) is 1.06. The van der Waals surface area contributed by atoms with Gasteiger partial charge in [0.1, 0.15) is 0 Å². The van der Waals surface area contributed by atoms with Crippen molar-refractivity contribution in [3.8, 4) is 5.75 Å². The fraction of sp³-hybridized carbons (Fsp3) is 0.579. The van der Waals surface area contributed by atoms with E-state index in [0.29, 0.717) is 30.9 Å². The van der Waals surface area contributed by atoms with E-state index in [9.17, 15) is 30.7 Å². The van der Waals surface area contributed by atoms with Crippen LogP contribution in [0.3, 0.4) is 0 Å². The minimum atomic E-state index is -5.28. The summed E-state index contributed by atoms with van der Waals surface area (Å²) in [5.41, 5.74) is -0.360. The van der Waals surface area contributed by atoms with Crippen LogP contribution in [0.2, 0.25) is 0 Å². The van der Waals surface area contributed by atoms with E-state index in [-0.39, 0.29) is 11.5 Å². The van der Waals surface area contributed by atoms with E-state index in [2.05, 4.69) is 15.5 Å². The molecule has 1 aromatic rings. The van der Waals surface area contributed by atoms with Gasteiger partial charge in [-0.2, -0.15) is 8.78 Å². The van der Waals surface area contributed by atoms with E-state index in [1.54, 1.807) is 0 Å². The third-order valence-corrected chi connectivity index (χ3v) is 4.61. The topological polar surface area (TPSA) is 18.5 Å². The maximum atomic E-state index is 14.0. The quantitative estimate of drug-likeness (QED) is 0.363. The van der Waals surface area contributed by atoms with Crippen molar-refractivity contribution >= 4 is 0 Å². The highest BCUT2D eigenvalue weighted by Crippen LogP contribution is 2.37. The molecule has 28 heavy (non-hydrogen) atoms. The lowest BCUT2D eigenvalue weighted by Gasteiger charge is -2.29. The number of hydrogen-bond donors (Lipinski definition) is 0. The third-order valence-electron chi connectivity index (χ3n) is 4.61. The summed E-state index contributed by atoms with van der Waals surface area (Å²) in [6, 6.07) is 0.949. The van der Waals surface area contributed by atoms with Gasteiger partial charge in [-0.3, -0.25) is 0 Å². The third kappa shape index (κ3) is 7.00. The first kappa shape index (κ1) is 22.5. The molecule has 0 spiro atoms. The molecule has 158 valence electrons. The number of benzene rings is 1. The van der Waals surface area contributed by atoms with Crippen molar-refractivity contribution in [3.63, 3.8) is 0 Å². The minimum Gasteiger partial charge on any atom is -0.399 e. The first-order valence-corrected chi connectivity index (χ1v) is 8.87. The summed E-state index contributed by atoms with van der Waals surface area (Å²) in [4.78, 5) is 0. The van der Waals surface area contributed by atoms with Gasteiger partial charge in [0.15, 0.2) is 11.6 Å². The van der Waals surface area contributed by atoms with E-state index in [0.717, 1.165) is 12.8 Å². The second kappa shape index (κ2) is 9.15. The molecule has 0 bridgehead atoms. The zero-order chi connectivity index (χ0) is 20.9. The monoisotopic (exact) mass is 414 g/mol. The highest BCUT2D eigenvalue weighted by molar-refractivity contribution is 5.31. The molecule has 0 aliphatic heterocycles. The minimum absolute atomic E-state index is 0.229. The van der Waals surface area contributed by atoms with Crippen LogP contribution < -0.4 is 4.74 Å². The Balaban J connectivity index is 1.92. The van der Waals surface area contributed by atoms with Crippen LogP contribution in [0.4, 0.5) is 30.7 Å². The molecule has 0 radical (unpaired) electrons. The van der Waals surface area contributed by atoms with E-state index in [4.69, 9.17) is 0 Å². The van der Waals surface area contributed by atoms with Crippen molar-refractivity contribution in [1.29, 1.82) is 0 Å². The Morgan fingerprint density at radius 1 is 1.00 bits per heavy atom. The lowest BCUT2D eigenvalue weighted by atomic mass is 9.80. The highest BCUT2D eigenvalue weighted by Gasteiger charge is 2.36. The summed E-state index contributed by atoms with van der Waals surface area (Å²) in [7, 11) is 0.